The molecule has 5 heteroatoms. The van der Waals surface area contributed by atoms with E-state index in [-0.39, 0.29) is 18.2 Å². The maximum atomic E-state index is 11.9. The normalized spacial score (nSPS) is 13.3. The standard InChI is InChI=1S/C16H23NO4/c1-4-11(2)15(16(19)20)17-14(18)10-9-12-7-5-6-8-13(12)21-3/h5-8,11,15H,4,9-10H2,1-3H3,(H,17,18)(H,19,20)/t11?,15-/m0/s1. The highest BCUT2D eigenvalue weighted by Gasteiger charge is 2.25. The molecule has 1 unspecified atom stereocenters. The van der Waals surface area contributed by atoms with Gasteiger partial charge in [0.15, 0.2) is 0 Å². The molecule has 1 aromatic carbocycles. The van der Waals surface area contributed by atoms with Gasteiger partial charge in [0.05, 0.1) is 7.11 Å². The molecular formula is C16H23NO4. The molecule has 2 N–H and O–H groups in total. The summed E-state index contributed by atoms with van der Waals surface area (Å²) in [6.07, 6.45) is 1.45. The van der Waals surface area contributed by atoms with Crippen molar-refractivity contribution in [2.45, 2.75) is 39.2 Å². The molecule has 0 bridgehead atoms. The number of carboxylic acid groups (broad SMARTS) is 1. The Balaban J connectivity index is 2.59. The van der Waals surface area contributed by atoms with Crippen LogP contribution in [0.5, 0.6) is 5.75 Å². The summed E-state index contributed by atoms with van der Waals surface area (Å²) in [6, 6.07) is 6.66. The van der Waals surface area contributed by atoms with E-state index in [0.717, 1.165) is 11.3 Å². The van der Waals surface area contributed by atoms with E-state index in [9.17, 15) is 9.59 Å². The SMILES string of the molecule is CCC(C)[C@H](NC(=O)CCc1ccccc1OC)C(=O)O. The van der Waals surface area contributed by atoms with Crippen molar-refractivity contribution in [1.82, 2.24) is 5.32 Å². The summed E-state index contributed by atoms with van der Waals surface area (Å²) in [5, 5.41) is 11.8. The topological polar surface area (TPSA) is 75.6 Å². The Morgan fingerprint density at radius 1 is 1.33 bits per heavy atom. The summed E-state index contributed by atoms with van der Waals surface area (Å²) in [4.78, 5) is 23.1. The number of aryl methyl sites for hydroxylation is 1. The van der Waals surface area contributed by atoms with Crippen molar-refractivity contribution in [2.24, 2.45) is 5.92 Å². The highest BCUT2D eigenvalue weighted by Crippen LogP contribution is 2.18. The van der Waals surface area contributed by atoms with Crippen LogP contribution in [0, 0.1) is 5.92 Å². The average Bonchev–Trinajstić information content (AvgIpc) is 2.49. The van der Waals surface area contributed by atoms with Crippen LogP contribution in [0.2, 0.25) is 0 Å². The summed E-state index contributed by atoms with van der Waals surface area (Å²) in [5.41, 5.74) is 0.936. The number of hydrogen-bond donors (Lipinski definition) is 2. The lowest BCUT2D eigenvalue weighted by molar-refractivity contribution is -0.143. The molecule has 0 aromatic heterocycles. The van der Waals surface area contributed by atoms with Gasteiger partial charge in [-0.2, -0.15) is 0 Å². The maximum absolute atomic E-state index is 11.9. The zero-order valence-corrected chi connectivity index (χ0v) is 12.8. The van der Waals surface area contributed by atoms with Crippen LogP contribution in [-0.4, -0.2) is 30.1 Å². The van der Waals surface area contributed by atoms with Crippen molar-refractivity contribution in [3.63, 3.8) is 0 Å². The second-order valence-corrected chi connectivity index (χ2v) is 5.08. The van der Waals surface area contributed by atoms with E-state index in [2.05, 4.69) is 5.32 Å². The predicted molar refractivity (Wildman–Crippen MR) is 80.3 cm³/mol. The van der Waals surface area contributed by atoms with Crippen molar-refractivity contribution >= 4 is 11.9 Å². The summed E-state index contributed by atoms with van der Waals surface area (Å²) < 4.78 is 5.23. The molecule has 0 spiro atoms. The van der Waals surface area contributed by atoms with Crippen molar-refractivity contribution < 1.29 is 19.4 Å². The first-order valence-electron chi connectivity index (χ1n) is 7.13. The molecule has 0 radical (unpaired) electrons. The van der Waals surface area contributed by atoms with Gasteiger partial charge in [-0.1, -0.05) is 38.5 Å². The lowest BCUT2D eigenvalue weighted by Crippen LogP contribution is -2.45. The van der Waals surface area contributed by atoms with Crippen molar-refractivity contribution in [3.05, 3.63) is 29.8 Å². The quantitative estimate of drug-likeness (QED) is 0.770. The Kier molecular flexibility index (Phi) is 6.72. The summed E-state index contributed by atoms with van der Waals surface area (Å²) >= 11 is 0. The number of nitrogens with one attached hydrogen (secondary N) is 1. The van der Waals surface area contributed by atoms with Crippen molar-refractivity contribution in [3.8, 4) is 5.75 Å². The van der Waals surface area contributed by atoms with Crippen LogP contribution >= 0.6 is 0 Å². The average molecular weight is 293 g/mol. The number of carbonyl (C=O) groups excluding carboxylic acids is 1. The minimum atomic E-state index is -0.991. The van der Waals surface area contributed by atoms with E-state index in [0.29, 0.717) is 12.8 Å². The second kappa shape index (κ2) is 8.29. The molecular weight excluding hydrogens is 270 g/mol. The maximum Gasteiger partial charge on any atom is 0.326 e. The molecule has 1 aromatic rings. The first-order valence-corrected chi connectivity index (χ1v) is 7.13. The Morgan fingerprint density at radius 2 is 2.00 bits per heavy atom. The predicted octanol–water partition coefficient (Wildman–Crippen LogP) is 2.24. The number of amides is 1. The fourth-order valence-corrected chi connectivity index (χ4v) is 2.09. The molecule has 21 heavy (non-hydrogen) atoms. The first-order chi connectivity index (χ1) is 9.99. The minimum absolute atomic E-state index is 0.0993. The van der Waals surface area contributed by atoms with Gasteiger partial charge in [0, 0.05) is 6.42 Å². The summed E-state index contributed by atoms with van der Waals surface area (Å²) in [5.74, 6) is -0.608. The Hall–Kier alpha value is -2.04. The Bertz CT molecular complexity index is 487. The van der Waals surface area contributed by atoms with Crippen molar-refractivity contribution in [1.29, 1.82) is 0 Å². The Labute approximate surface area is 125 Å². The molecule has 1 amide bonds. The summed E-state index contributed by atoms with van der Waals surface area (Å²) in [6.45, 7) is 3.72. The molecule has 0 saturated heterocycles. The Morgan fingerprint density at radius 3 is 2.57 bits per heavy atom. The van der Waals surface area contributed by atoms with E-state index in [4.69, 9.17) is 9.84 Å². The van der Waals surface area contributed by atoms with Gasteiger partial charge >= 0.3 is 5.97 Å². The molecule has 0 aliphatic heterocycles. The van der Waals surface area contributed by atoms with Gasteiger partial charge in [-0.15, -0.1) is 0 Å². The van der Waals surface area contributed by atoms with Crippen LogP contribution in [0.15, 0.2) is 24.3 Å². The third-order valence-electron chi connectivity index (χ3n) is 3.61. The molecule has 0 heterocycles. The van der Waals surface area contributed by atoms with Crippen LogP contribution in [0.1, 0.15) is 32.3 Å². The number of carbonyl (C=O) groups is 2. The number of methoxy groups -OCH3 is 1. The van der Waals surface area contributed by atoms with E-state index in [1.165, 1.54) is 0 Å². The first kappa shape index (κ1) is 17.0. The fraction of sp³-hybridized carbons (Fsp3) is 0.500. The second-order valence-electron chi connectivity index (χ2n) is 5.08. The lowest BCUT2D eigenvalue weighted by Gasteiger charge is -2.20. The zero-order chi connectivity index (χ0) is 15.8. The van der Waals surface area contributed by atoms with Gasteiger partial charge in [0.1, 0.15) is 11.8 Å². The van der Waals surface area contributed by atoms with Crippen molar-refractivity contribution in [2.75, 3.05) is 7.11 Å². The number of para-hydroxylation sites is 1. The molecule has 5 nitrogen and oxygen atoms in total. The molecule has 2 atom stereocenters. The van der Waals surface area contributed by atoms with Crippen LogP contribution < -0.4 is 10.1 Å². The third kappa shape index (κ3) is 5.10. The number of ether oxygens (including phenoxy) is 1. The molecule has 0 aliphatic rings. The summed E-state index contributed by atoms with van der Waals surface area (Å²) in [7, 11) is 1.59. The van der Waals surface area contributed by atoms with Crippen LogP contribution in [-0.2, 0) is 16.0 Å². The van der Waals surface area contributed by atoms with E-state index in [1.54, 1.807) is 7.11 Å². The number of benzene rings is 1. The smallest absolute Gasteiger partial charge is 0.326 e. The largest absolute Gasteiger partial charge is 0.496 e. The van der Waals surface area contributed by atoms with Crippen LogP contribution in [0.4, 0.5) is 0 Å². The monoisotopic (exact) mass is 293 g/mol. The fourth-order valence-electron chi connectivity index (χ4n) is 2.09. The zero-order valence-electron chi connectivity index (χ0n) is 12.8. The molecule has 0 fully saturated rings. The number of aliphatic carboxylic acids is 1. The number of rotatable bonds is 8. The molecule has 1 rings (SSSR count). The van der Waals surface area contributed by atoms with E-state index < -0.39 is 12.0 Å². The van der Waals surface area contributed by atoms with E-state index >= 15 is 0 Å². The van der Waals surface area contributed by atoms with Crippen LogP contribution in [0.3, 0.4) is 0 Å². The number of hydrogen-bond acceptors (Lipinski definition) is 3. The van der Waals surface area contributed by atoms with Gasteiger partial charge in [-0.05, 0) is 24.0 Å². The molecule has 0 aliphatic carbocycles. The van der Waals surface area contributed by atoms with Gasteiger partial charge in [0.2, 0.25) is 5.91 Å². The van der Waals surface area contributed by atoms with Gasteiger partial charge in [-0.3, -0.25) is 4.79 Å². The highest BCUT2D eigenvalue weighted by molar-refractivity contribution is 5.83. The van der Waals surface area contributed by atoms with Crippen LogP contribution in [0.25, 0.3) is 0 Å². The van der Waals surface area contributed by atoms with Gasteiger partial charge in [-0.25, -0.2) is 4.79 Å². The third-order valence-corrected chi connectivity index (χ3v) is 3.61. The van der Waals surface area contributed by atoms with Gasteiger partial charge < -0.3 is 15.2 Å². The number of carboxylic acids is 1. The highest BCUT2D eigenvalue weighted by atomic mass is 16.5. The molecule has 116 valence electrons. The van der Waals surface area contributed by atoms with E-state index in [1.807, 2.05) is 38.1 Å². The molecule has 0 saturated carbocycles. The minimum Gasteiger partial charge on any atom is -0.496 e. The lowest BCUT2D eigenvalue weighted by atomic mass is 9.99. The van der Waals surface area contributed by atoms with Gasteiger partial charge in [0.25, 0.3) is 0 Å².